The minimum Gasteiger partial charge on any atom is -0.457 e. The second kappa shape index (κ2) is 10.4. The second-order valence-corrected chi connectivity index (χ2v) is 10.2. The van der Waals surface area contributed by atoms with Crippen LogP contribution in [0.25, 0.3) is 11.0 Å². The summed E-state index contributed by atoms with van der Waals surface area (Å²) in [7, 11) is 0. The smallest absolute Gasteiger partial charge is 0.251 e. The molecule has 0 radical (unpaired) electrons. The number of carbonyl (C=O) groups is 1. The van der Waals surface area contributed by atoms with Crippen LogP contribution < -0.4 is 10.1 Å². The number of fused-ring (bicyclic) bond motifs is 1. The molecule has 0 bridgehead atoms. The Kier molecular flexibility index (Phi) is 6.68. The van der Waals surface area contributed by atoms with Crippen molar-refractivity contribution in [2.45, 2.75) is 18.8 Å². The van der Waals surface area contributed by atoms with Crippen LogP contribution in [0.3, 0.4) is 0 Å². The van der Waals surface area contributed by atoms with Gasteiger partial charge in [0.05, 0.1) is 5.69 Å². The number of aromatic nitrogens is 1. The van der Waals surface area contributed by atoms with E-state index in [1.54, 1.807) is 18.2 Å². The molecule has 1 saturated heterocycles. The largest absolute Gasteiger partial charge is 0.457 e. The summed E-state index contributed by atoms with van der Waals surface area (Å²) in [5, 5.41) is 8.24. The lowest BCUT2D eigenvalue weighted by atomic mass is 9.91. The van der Waals surface area contributed by atoms with Gasteiger partial charge in [-0.25, -0.2) is 4.39 Å². The lowest BCUT2D eigenvalue weighted by Crippen LogP contribution is -2.35. The first-order chi connectivity index (χ1) is 18.5. The van der Waals surface area contributed by atoms with Crippen molar-refractivity contribution in [1.29, 1.82) is 0 Å². The van der Waals surface area contributed by atoms with Gasteiger partial charge in [0.25, 0.3) is 5.91 Å². The average Bonchev–Trinajstić information content (AvgIpc) is 3.34. The number of amides is 1. The molecule has 1 amide bonds. The third kappa shape index (κ3) is 5.20. The molecule has 2 aliphatic rings. The van der Waals surface area contributed by atoms with Crippen LogP contribution in [0.4, 0.5) is 4.39 Å². The van der Waals surface area contributed by atoms with E-state index < -0.39 is 0 Å². The number of nitrogens with zero attached hydrogens (tertiary/aromatic N) is 2. The molecule has 194 valence electrons. The highest BCUT2D eigenvalue weighted by Gasteiger charge is 2.43. The molecule has 6 nitrogen and oxygen atoms in total. The number of para-hydroxylation sites is 1. The van der Waals surface area contributed by atoms with E-state index >= 15 is 0 Å². The number of likely N-dealkylation sites (tertiary alicyclic amines) is 1. The monoisotopic (exact) mass is 511 g/mol. The summed E-state index contributed by atoms with van der Waals surface area (Å²) in [6.07, 6.45) is 1.97. The van der Waals surface area contributed by atoms with Gasteiger partial charge >= 0.3 is 0 Å². The van der Waals surface area contributed by atoms with Crippen molar-refractivity contribution in [3.63, 3.8) is 0 Å². The van der Waals surface area contributed by atoms with Gasteiger partial charge in [-0.1, -0.05) is 41.6 Å². The van der Waals surface area contributed by atoms with Crippen molar-refractivity contribution >= 4 is 16.9 Å². The molecule has 1 aliphatic carbocycles. The molecule has 2 atom stereocenters. The van der Waals surface area contributed by atoms with Crippen LogP contribution in [0.5, 0.6) is 11.5 Å². The number of carbonyl (C=O) groups excluding carboxylic acids is 1. The molecule has 1 N–H and O–H groups in total. The Hall–Kier alpha value is -3.97. The van der Waals surface area contributed by atoms with E-state index in [1.807, 2.05) is 42.5 Å². The maximum atomic E-state index is 13.5. The Balaban J connectivity index is 0.976. The number of rotatable bonds is 8. The first kappa shape index (κ1) is 24.4. The lowest BCUT2D eigenvalue weighted by Gasteiger charge is -2.31. The number of benzene rings is 3. The average molecular weight is 512 g/mol. The number of piperidine rings is 1. The van der Waals surface area contributed by atoms with Crippen molar-refractivity contribution in [2.24, 2.45) is 11.8 Å². The van der Waals surface area contributed by atoms with E-state index in [9.17, 15) is 9.18 Å². The topological polar surface area (TPSA) is 67.6 Å². The molecule has 0 unspecified atom stereocenters. The van der Waals surface area contributed by atoms with Gasteiger partial charge in [-0.05, 0) is 68.4 Å². The summed E-state index contributed by atoms with van der Waals surface area (Å²) in [4.78, 5) is 15.3. The lowest BCUT2D eigenvalue weighted by molar-refractivity contribution is 0.0950. The number of hydrogen-bond acceptors (Lipinski definition) is 5. The third-order valence-electron chi connectivity index (χ3n) is 7.78. The van der Waals surface area contributed by atoms with Crippen LogP contribution in [0, 0.1) is 17.7 Å². The molecular formula is C31H30FN3O3. The predicted molar refractivity (Wildman–Crippen MR) is 144 cm³/mol. The zero-order chi connectivity index (χ0) is 26.1. The van der Waals surface area contributed by atoms with Gasteiger partial charge in [0.2, 0.25) is 0 Å². The molecule has 6 rings (SSSR count). The van der Waals surface area contributed by atoms with Crippen LogP contribution in [0.2, 0.25) is 0 Å². The molecule has 38 heavy (non-hydrogen) atoms. The molecule has 2 heterocycles. The van der Waals surface area contributed by atoms with Crippen molar-refractivity contribution in [1.82, 2.24) is 15.4 Å². The van der Waals surface area contributed by atoms with Crippen LogP contribution in [0.15, 0.2) is 89.5 Å². The zero-order valence-corrected chi connectivity index (χ0v) is 21.1. The van der Waals surface area contributed by atoms with Gasteiger partial charge in [-0.2, -0.15) is 0 Å². The van der Waals surface area contributed by atoms with Gasteiger partial charge in [0, 0.05) is 47.9 Å². The summed E-state index contributed by atoms with van der Waals surface area (Å²) in [5.41, 5.74) is 3.23. The molecule has 4 aromatic rings. The number of ether oxygens (including phenoxy) is 1. The van der Waals surface area contributed by atoms with E-state index in [1.165, 1.54) is 17.7 Å². The highest BCUT2D eigenvalue weighted by molar-refractivity contribution is 5.94. The van der Waals surface area contributed by atoms with Crippen LogP contribution in [-0.2, 0) is 0 Å². The maximum absolute atomic E-state index is 13.5. The Labute approximate surface area is 221 Å². The zero-order valence-electron chi connectivity index (χ0n) is 21.1. The van der Waals surface area contributed by atoms with Crippen molar-refractivity contribution < 1.29 is 18.4 Å². The molecule has 1 aromatic heterocycles. The van der Waals surface area contributed by atoms with Crippen molar-refractivity contribution in [3.8, 4) is 11.5 Å². The van der Waals surface area contributed by atoms with Gasteiger partial charge in [0.15, 0.2) is 5.58 Å². The number of hydrogen-bond donors (Lipinski definition) is 1. The highest BCUT2D eigenvalue weighted by Crippen LogP contribution is 2.45. The van der Waals surface area contributed by atoms with E-state index in [2.05, 4.69) is 22.0 Å². The van der Waals surface area contributed by atoms with Gasteiger partial charge in [-0.15, -0.1) is 0 Å². The maximum Gasteiger partial charge on any atom is 0.251 e. The fourth-order valence-corrected chi connectivity index (χ4v) is 5.49. The Bertz CT molecular complexity index is 1460. The first-order valence-electron chi connectivity index (χ1n) is 13.1. The molecule has 3 aromatic carbocycles. The standard InChI is InChI=1S/C31H30FN3O3/c1-20-27(18-33-31(36)22-6-5-9-25(16-22)37-24-7-3-2-4-8-24)28(20)19-35-14-12-21(13-15-35)30-26-11-10-23(32)17-29(26)38-34-30/h2-11,16-17,21,27-28H,1,12-15,18-19H2,(H,33,36)/t27-,28-/m0/s1. The van der Waals surface area contributed by atoms with Gasteiger partial charge < -0.3 is 19.5 Å². The predicted octanol–water partition coefficient (Wildman–Crippen LogP) is 6.17. The molecule has 0 spiro atoms. The van der Waals surface area contributed by atoms with Crippen molar-refractivity contribution in [3.05, 3.63) is 102 Å². The molecular weight excluding hydrogens is 481 g/mol. The van der Waals surface area contributed by atoms with Crippen molar-refractivity contribution in [2.75, 3.05) is 26.2 Å². The molecule has 1 saturated carbocycles. The normalized spacial score (nSPS) is 20.0. The number of nitrogens with one attached hydrogen (secondary N) is 1. The minimum atomic E-state index is -0.309. The van der Waals surface area contributed by atoms with Gasteiger partial charge in [0.1, 0.15) is 17.3 Å². The third-order valence-corrected chi connectivity index (χ3v) is 7.78. The molecule has 2 fully saturated rings. The first-order valence-corrected chi connectivity index (χ1v) is 13.1. The van der Waals surface area contributed by atoms with E-state index in [4.69, 9.17) is 9.26 Å². The minimum absolute atomic E-state index is 0.109. The van der Waals surface area contributed by atoms with Crippen LogP contribution in [0.1, 0.15) is 34.8 Å². The van der Waals surface area contributed by atoms with Gasteiger partial charge in [-0.3, -0.25) is 4.79 Å². The highest BCUT2D eigenvalue weighted by atomic mass is 19.1. The summed E-state index contributed by atoms with van der Waals surface area (Å²) >= 11 is 0. The van der Waals surface area contributed by atoms with E-state index in [0.717, 1.165) is 49.3 Å². The SMILES string of the molecule is C=C1[C@H](CNC(=O)c2cccc(Oc3ccccc3)c2)[C@H]1CN1CCC(c2noc3cc(F)ccc23)CC1. The Morgan fingerprint density at radius 2 is 1.82 bits per heavy atom. The molecule has 1 aliphatic heterocycles. The fraction of sp³-hybridized carbons (Fsp3) is 0.290. The quantitative estimate of drug-likeness (QED) is 0.287. The van der Waals surface area contributed by atoms with E-state index in [0.29, 0.717) is 41.2 Å². The van der Waals surface area contributed by atoms with E-state index in [-0.39, 0.29) is 11.7 Å². The van der Waals surface area contributed by atoms with Crippen LogP contribution >= 0.6 is 0 Å². The molecule has 7 heteroatoms. The Morgan fingerprint density at radius 1 is 1.03 bits per heavy atom. The fourth-order valence-electron chi connectivity index (χ4n) is 5.49. The number of halogens is 1. The second-order valence-electron chi connectivity index (χ2n) is 10.2. The summed E-state index contributed by atoms with van der Waals surface area (Å²) in [6.45, 7) is 7.73. The summed E-state index contributed by atoms with van der Waals surface area (Å²) in [5.74, 6) is 1.96. The van der Waals surface area contributed by atoms with Crippen LogP contribution in [-0.4, -0.2) is 42.1 Å². The summed E-state index contributed by atoms with van der Waals surface area (Å²) < 4.78 is 24.7. The Morgan fingerprint density at radius 3 is 2.63 bits per heavy atom. The summed E-state index contributed by atoms with van der Waals surface area (Å²) in [6, 6.07) is 21.4.